The molecule has 0 saturated carbocycles. The van der Waals surface area contributed by atoms with Crippen molar-refractivity contribution in [3.8, 4) is 11.5 Å². The molecule has 40 heavy (non-hydrogen) atoms. The monoisotopic (exact) mass is 543 g/mol. The number of ether oxygens (including phenoxy) is 2. The highest BCUT2D eigenvalue weighted by Gasteiger charge is 2.16. The Bertz CT molecular complexity index is 1570. The summed E-state index contributed by atoms with van der Waals surface area (Å²) in [6.45, 7) is 3.62. The number of carboxylic acids is 1. The fourth-order valence-electron chi connectivity index (χ4n) is 3.64. The molecule has 1 heterocycles. The molecule has 0 fully saturated rings. The number of aryl methyl sites for hydroxylation is 1. The number of nitrogens with one attached hydrogen (secondary N) is 1. The second kappa shape index (κ2) is 12.4. The van der Waals surface area contributed by atoms with Crippen LogP contribution in [-0.4, -0.2) is 27.6 Å². The molecule has 1 aromatic heterocycles. The lowest BCUT2D eigenvalue weighted by Gasteiger charge is -2.09. The second-order valence-electron chi connectivity index (χ2n) is 8.74. The van der Waals surface area contributed by atoms with Crippen molar-refractivity contribution >= 4 is 23.3 Å². The van der Waals surface area contributed by atoms with Crippen molar-refractivity contribution in [2.45, 2.75) is 27.1 Å². The lowest BCUT2D eigenvalue weighted by atomic mass is 10.1. The Morgan fingerprint density at radius 3 is 2.45 bits per heavy atom. The summed E-state index contributed by atoms with van der Waals surface area (Å²) in [5.74, 6) is -0.656. The molecule has 3 aromatic carbocycles. The van der Waals surface area contributed by atoms with Gasteiger partial charge < -0.3 is 19.0 Å². The summed E-state index contributed by atoms with van der Waals surface area (Å²) in [5.41, 5.74) is 5.48. The highest BCUT2D eigenvalue weighted by Crippen LogP contribution is 2.28. The molecule has 0 atom stereocenters. The van der Waals surface area contributed by atoms with Crippen LogP contribution in [0.25, 0.3) is 0 Å². The number of nitro benzene ring substituents is 1. The Kier molecular flexibility index (Phi) is 8.55. The summed E-state index contributed by atoms with van der Waals surface area (Å²) in [5, 5.41) is 24.4. The van der Waals surface area contributed by atoms with Gasteiger partial charge in [0.05, 0.1) is 10.6 Å². The Balaban J connectivity index is 1.33. The van der Waals surface area contributed by atoms with Crippen molar-refractivity contribution in [1.82, 2.24) is 5.43 Å². The van der Waals surface area contributed by atoms with Crippen LogP contribution in [0, 0.1) is 17.0 Å². The van der Waals surface area contributed by atoms with Crippen LogP contribution >= 0.6 is 0 Å². The van der Waals surface area contributed by atoms with E-state index in [0.29, 0.717) is 28.3 Å². The first-order valence-electron chi connectivity index (χ1n) is 12.1. The molecule has 4 aromatic rings. The minimum Gasteiger partial charge on any atom is -0.486 e. The van der Waals surface area contributed by atoms with E-state index < -0.39 is 16.8 Å². The smallest absolute Gasteiger partial charge is 0.371 e. The molecule has 0 aliphatic carbocycles. The van der Waals surface area contributed by atoms with Gasteiger partial charge in [-0.3, -0.25) is 14.9 Å². The Morgan fingerprint density at radius 2 is 1.75 bits per heavy atom. The lowest BCUT2D eigenvalue weighted by molar-refractivity contribution is -0.386. The van der Waals surface area contributed by atoms with Crippen molar-refractivity contribution < 1.29 is 33.5 Å². The zero-order valence-electron chi connectivity index (χ0n) is 21.6. The molecule has 0 aliphatic rings. The van der Waals surface area contributed by atoms with Crippen LogP contribution in [0.4, 0.5) is 5.69 Å². The Morgan fingerprint density at radius 1 is 0.975 bits per heavy atom. The number of nitrogens with zero attached hydrogens (tertiary/aromatic N) is 2. The third kappa shape index (κ3) is 7.10. The largest absolute Gasteiger partial charge is 0.486 e. The summed E-state index contributed by atoms with van der Waals surface area (Å²) < 4.78 is 16.4. The van der Waals surface area contributed by atoms with Crippen LogP contribution in [-0.2, 0) is 13.2 Å². The van der Waals surface area contributed by atoms with E-state index >= 15 is 0 Å². The average Bonchev–Trinajstić information content (AvgIpc) is 3.44. The van der Waals surface area contributed by atoms with Gasteiger partial charge in [-0.1, -0.05) is 18.2 Å². The molecule has 204 valence electrons. The van der Waals surface area contributed by atoms with Gasteiger partial charge in [-0.15, -0.1) is 0 Å². The summed E-state index contributed by atoms with van der Waals surface area (Å²) in [6, 6.07) is 21.3. The van der Waals surface area contributed by atoms with E-state index in [-0.39, 0.29) is 30.4 Å². The summed E-state index contributed by atoms with van der Waals surface area (Å²) in [7, 11) is 0. The number of carbonyl (C=O) groups is 2. The van der Waals surface area contributed by atoms with E-state index in [9.17, 15) is 19.7 Å². The molecular weight excluding hydrogens is 518 g/mol. The predicted octanol–water partition coefficient (Wildman–Crippen LogP) is 5.51. The summed E-state index contributed by atoms with van der Waals surface area (Å²) in [6.07, 6.45) is 0. The molecule has 4 rings (SSSR count). The zero-order valence-corrected chi connectivity index (χ0v) is 21.6. The zero-order chi connectivity index (χ0) is 28.6. The molecule has 1 amide bonds. The number of carbonyl (C=O) groups excluding carboxylic acids is 1. The third-order valence-corrected chi connectivity index (χ3v) is 5.75. The van der Waals surface area contributed by atoms with Gasteiger partial charge in [0.25, 0.3) is 5.91 Å². The molecular formula is C29H25N3O8. The first kappa shape index (κ1) is 27.6. The van der Waals surface area contributed by atoms with Gasteiger partial charge >= 0.3 is 11.7 Å². The van der Waals surface area contributed by atoms with Crippen molar-refractivity contribution in [2.75, 3.05) is 0 Å². The van der Waals surface area contributed by atoms with Crippen LogP contribution < -0.4 is 14.9 Å². The quantitative estimate of drug-likeness (QED) is 0.143. The van der Waals surface area contributed by atoms with Gasteiger partial charge in [-0.05, 0) is 85.1 Å². The van der Waals surface area contributed by atoms with Crippen LogP contribution in [0.15, 0.2) is 88.4 Å². The second-order valence-corrected chi connectivity index (χ2v) is 8.74. The minimum atomic E-state index is -1.15. The van der Waals surface area contributed by atoms with Crippen LogP contribution in [0.3, 0.4) is 0 Å². The standard InChI is InChI=1S/C29H25N3O8/c1-18-6-12-26(25(14-18)32(36)37)39-16-20-4-3-5-22(15-20)28(33)31-30-19(2)21-7-9-23(10-8-21)38-17-24-11-13-27(40-24)29(34)35/h3-15H,16-17H2,1-2H3,(H,31,33)(H,34,35)/b30-19-. The molecule has 0 bridgehead atoms. The summed E-state index contributed by atoms with van der Waals surface area (Å²) >= 11 is 0. The first-order chi connectivity index (χ1) is 19.2. The molecule has 11 heteroatoms. The highest BCUT2D eigenvalue weighted by atomic mass is 16.6. The van der Waals surface area contributed by atoms with E-state index in [0.717, 1.165) is 11.1 Å². The van der Waals surface area contributed by atoms with Crippen LogP contribution in [0.1, 0.15) is 50.3 Å². The molecule has 0 saturated heterocycles. The number of hydrogen-bond donors (Lipinski definition) is 2. The van der Waals surface area contributed by atoms with Gasteiger partial charge in [0.15, 0.2) is 5.75 Å². The number of nitro groups is 1. The molecule has 2 N–H and O–H groups in total. The van der Waals surface area contributed by atoms with Gasteiger partial charge in [0.2, 0.25) is 5.76 Å². The number of benzene rings is 3. The Labute approximate surface area is 228 Å². The maximum Gasteiger partial charge on any atom is 0.371 e. The fraction of sp³-hybridized carbons (Fsp3) is 0.138. The van der Waals surface area contributed by atoms with E-state index in [1.54, 1.807) is 74.5 Å². The molecule has 0 aliphatic heterocycles. The maximum absolute atomic E-state index is 12.7. The topological polar surface area (TPSA) is 154 Å². The molecule has 11 nitrogen and oxygen atoms in total. The number of rotatable bonds is 11. The van der Waals surface area contributed by atoms with E-state index in [4.69, 9.17) is 19.0 Å². The minimum absolute atomic E-state index is 0.0440. The molecule has 0 spiro atoms. The molecule has 0 radical (unpaired) electrons. The lowest BCUT2D eigenvalue weighted by Crippen LogP contribution is -2.19. The third-order valence-electron chi connectivity index (χ3n) is 5.75. The van der Waals surface area contributed by atoms with Gasteiger partial charge in [0, 0.05) is 11.6 Å². The number of aromatic carboxylic acids is 1. The van der Waals surface area contributed by atoms with E-state index in [2.05, 4.69) is 10.5 Å². The Hall–Kier alpha value is -5.45. The van der Waals surface area contributed by atoms with Crippen molar-refractivity contribution in [2.24, 2.45) is 5.10 Å². The first-order valence-corrected chi connectivity index (χ1v) is 12.1. The van der Waals surface area contributed by atoms with Crippen LogP contribution in [0.5, 0.6) is 11.5 Å². The average molecular weight is 544 g/mol. The fourth-order valence-corrected chi connectivity index (χ4v) is 3.64. The van der Waals surface area contributed by atoms with Crippen molar-refractivity contribution in [1.29, 1.82) is 0 Å². The van der Waals surface area contributed by atoms with Gasteiger partial charge in [-0.2, -0.15) is 5.10 Å². The number of amides is 1. The summed E-state index contributed by atoms with van der Waals surface area (Å²) in [4.78, 5) is 34.4. The number of hydrazone groups is 1. The van der Waals surface area contributed by atoms with E-state index in [1.165, 1.54) is 18.2 Å². The highest BCUT2D eigenvalue weighted by molar-refractivity contribution is 6.01. The van der Waals surface area contributed by atoms with Crippen molar-refractivity contribution in [3.63, 3.8) is 0 Å². The van der Waals surface area contributed by atoms with E-state index in [1.807, 2.05) is 0 Å². The number of carboxylic acid groups (broad SMARTS) is 1. The van der Waals surface area contributed by atoms with Gasteiger partial charge in [0.1, 0.15) is 24.7 Å². The normalized spacial score (nSPS) is 11.1. The number of furan rings is 1. The SMILES string of the molecule is C/C(=N/NC(=O)c1cccc(COc2ccc(C)cc2[N+](=O)[O-])c1)c1ccc(OCc2ccc(C(=O)O)o2)cc1. The molecule has 0 unspecified atom stereocenters. The predicted molar refractivity (Wildman–Crippen MR) is 145 cm³/mol. The maximum atomic E-state index is 12.7. The van der Waals surface area contributed by atoms with Gasteiger partial charge in [-0.25, -0.2) is 10.2 Å². The van der Waals surface area contributed by atoms with Crippen molar-refractivity contribution in [3.05, 3.63) is 123 Å². The van der Waals surface area contributed by atoms with Crippen LogP contribution in [0.2, 0.25) is 0 Å². The number of hydrogen-bond acceptors (Lipinski definition) is 8.